The van der Waals surface area contributed by atoms with Crippen molar-refractivity contribution in [3.8, 4) is 11.4 Å². The molecule has 1 unspecified atom stereocenters. The lowest BCUT2D eigenvalue weighted by molar-refractivity contribution is -0.113. The number of esters is 1. The number of thiophene rings is 1. The Morgan fingerprint density at radius 2 is 2.03 bits per heavy atom. The lowest BCUT2D eigenvalue weighted by Gasteiger charge is -2.19. The van der Waals surface area contributed by atoms with Crippen LogP contribution in [0.15, 0.2) is 34.8 Å². The molecule has 1 aromatic carbocycles. The van der Waals surface area contributed by atoms with E-state index in [1.807, 2.05) is 11.3 Å². The fourth-order valence-electron chi connectivity index (χ4n) is 4.12. The number of nitrogens with one attached hydrogen (secondary N) is 1. The van der Waals surface area contributed by atoms with Crippen LogP contribution in [0, 0.1) is 5.92 Å². The molecule has 1 aliphatic carbocycles. The first-order valence-corrected chi connectivity index (χ1v) is 13.5. The van der Waals surface area contributed by atoms with Gasteiger partial charge in [0.25, 0.3) is 0 Å². The van der Waals surface area contributed by atoms with Crippen molar-refractivity contribution in [2.45, 2.75) is 58.2 Å². The zero-order valence-corrected chi connectivity index (χ0v) is 21.6. The number of hydrogen-bond acceptors (Lipinski definition) is 7. The summed E-state index contributed by atoms with van der Waals surface area (Å²) in [6.07, 6.45) is 3.42. The summed E-state index contributed by atoms with van der Waals surface area (Å²) in [7, 11) is 0. The summed E-state index contributed by atoms with van der Waals surface area (Å²) in [6, 6.07) is 6.85. The van der Waals surface area contributed by atoms with Crippen LogP contribution in [0.4, 0.5) is 5.69 Å². The molecule has 2 heterocycles. The van der Waals surface area contributed by atoms with Gasteiger partial charge in [-0.2, -0.15) is 0 Å². The van der Waals surface area contributed by atoms with Gasteiger partial charge in [-0.15, -0.1) is 21.5 Å². The number of benzene rings is 1. The second-order valence-corrected chi connectivity index (χ2v) is 10.7. The molecule has 180 valence electrons. The molecule has 7 nitrogen and oxygen atoms in total. The normalized spacial score (nSPS) is 15.3. The van der Waals surface area contributed by atoms with Crippen LogP contribution in [0.2, 0.25) is 0 Å². The van der Waals surface area contributed by atoms with Crippen LogP contribution in [0.1, 0.15) is 61.0 Å². The average molecular weight is 499 g/mol. The van der Waals surface area contributed by atoms with Crippen LogP contribution in [0.25, 0.3) is 11.4 Å². The van der Waals surface area contributed by atoms with Crippen molar-refractivity contribution in [1.82, 2.24) is 14.8 Å². The van der Waals surface area contributed by atoms with Crippen LogP contribution < -0.4 is 5.32 Å². The number of rotatable bonds is 8. The molecule has 0 saturated heterocycles. The van der Waals surface area contributed by atoms with Crippen LogP contribution in [-0.4, -0.2) is 39.0 Å². The predicted octanol–water partition coefficient (Wildman–Crippen LogP) is 5.62. The van der Waals surface area contributed by atoms with Gasteiger partial charge in [0.05, 0.1) is 17.9 Å². The molecule has 2 aromatic heterocycles. The largest absolute Gasteiger partial charge is 0.462 e. The fourth-order valence-corrected chi connectivity index (χ4v) is 6.23. The van der Waals surface area contributed by atoms with Crippen molar-refractivity contribution in [2.75, 3.05) is 17.7 Å². The van der Waals surface area contributed by atoms with E-state index in [1.165, 1.54) is 34.2 Å². The minimum Gasteiger partial charge on any atom is -0.462 e. The molecule has 34 heavy (non-hydrogen) atoms. The highest BCUT2D eigenvalue weighted by Crippen LogP contribution is 2.39. The smallest absolute Gasteiger partial charge is 0.338 e. The molecule has 4 rings (SSSR count). The lowest BCUT2D eigenvalue weighted by atomic mass is 9.88. The van der Waals surface area contributed by atoms with Crippen molar-refractivity contribution < 1.29 is 14.3 Å². The van der Waals surface area contributed by atoms with E-state index >= 15 is 0 Å². The molecule has 1 N–H and O–H groups in total. The van der Waals surface area contributed by atoms with Gasteiger partial charge in [0.15, 0.2) is 11.0 Å². The number of ether oxygens (including phenoxy) is 1. The first-order chi connectivity index (χ1) is 16.4. The van der Waals surface area contributed by atoms with E-state index in [1.54, 1.807) is 31.2 Å². The molecule has 3 aromatic rings. The molecule has 0 bridgehead atoms. The molecule has 1 atom stereocenters. The number of aromatic nitrogens is 3. The molecule has 0 radical (unpaired) electrons. The molecule has 0 spiro atoms. The van der Waals surface area contributed by atoms with E-state index in [-0.39, 0.29) is 23.7 Å². The van der Waals surface area contributed by atoms with Crippen molar-refractivity contribution in [3.63, 3.8) is 0 Å². The Kier molecular flexibility index (Phi) is 7.73. The van der Waals surface area contributed by atoms with Gasteiger partial charge in [0, 0.05) is 27.5 Å². The molecule has 9 heteroatoms. The molecule has 1 amide bonds. The molecular formula is C25H30N4O3S2. The Labute approximate surface area is 208 Å². The number of hydrogen-bond donors (Lipinski definition) is 1. The van der Waals surface area contributed by atoms with Crippen LogP contribution in [0.3, 0.4) is 0 Å². The summed E-state index contributed by atoms with van der Waals surface area (Å²) >= 11 is 3.20. The summed E-state index contributed by atoms with van der Waals surface area (Å²) in [4.78, 5) is 25.8. The number of nitrogens with zero attached hydrogens (tertiary/aromatic N) is 3. The Hall–Kier alpha value is -2.65. The van der Waals surface area contributed by atoms with E-state index in [0.29, 0.717) is 17.9 Å². The van der Waals surface area contributed by atoms with Gasteiger partial charge >= 0.3 is 5.97 Å². The summed E-state index contributed by atoms with van der Waals surface area (Å²) in [5.41, 5.74) is 3.68. The first-order valence-electron chi connectivity index (χ1n) is 11.6. The average Bonchev–Trinajstić information content (AvgIpc) is 3.41. The van der Waals surface area contributed by atoms with Crippen molar-refractivity contribution in [1.29, 1.82) is 0 Å². The second kappa shape index (κ2) is 10.7. The third-order valence-electron chi connectivity index (χ3n) is 5.84. The van der Waals surface area contributed by atoms with Gasteiger partial charge < -0.3 is 10.1 Å². The molecule has 0 saturated carbocycles. The highest BCUT2D eigenvalue weighted by atomic mass is 32.2. The summed E-state index contributed by atoms with van der Waals surface area (Å²) in [5, 5.41) is 14.8. The van der Waals surface area contributed by atoms with Crippen LogP contribution in [-0.2, 0) is 22.4 Å². The van der Waals surface area contributed by atoms with Gasteiger partial charge in [-0.3, -0.25) is 9.36 Å². The van der Waals surface area contributed by atoms with Gasteiger partial charge in [-0.25, -0.2) is 4.79 Å². The second-order valence-electron chi connectivity index (χ2n) is 8.80. The number of amides is 1. The summed E-state index contributed by atoms with van der Waals surface area (Å²) in [5.74, 6) is 1.31. The Morgan fingerprint density at radius 1 is 1.26 bits per heavy atom. The van der Waals surface area contributed by atoms with E-state index in [9.17, 15) is 9.59 Å². The molecule has 0 fully saturated rings. The van der Waals surface area contributed by atoms with E-state index in [0.717, 1.165) is 29.7 Å². The van der Waals surface area contributed by atoms with Gasteiger partial charge in [0.1, 0.15) is 0 Å². The highest BCUT2D eigenvalue weighted by molar-refractivity contribution is 7.99. The quantitative estimate of drug-likeness (QED) is 0.320. The van der Waals surface area contributed by atoms with Crippen molar-refractivity contribution >= 4 is 40.7 Å². The lowest BCUT2D eigenvalue weighted by Crippen LogP contribution is -2.15. The summed E-state index contributed by atoms with van der Waals surface area (Å²) in [6.45, 7) is 8.63. The minimum absolute atomic E-state index is 0.143. The summed E-state index contributed by atoms with van der Waals surface area (Å²) < 4.78 is 7.12. The SMILES string of the molecule is CCOC(=O)c1ccc(NC(=O)CSc2nnc(-c3csc4c3CCC(C)C4)n2C(C)C)cc1. The Balaban J connectivity index is 1.43. The van der Waals surface area contributed by atoms with Crippen molar-refractivity contribution in [2.24, 2.45) is 5.92 Å². The zero-order chi connectivity index (χ0) is 24.2. The van der Waals surface area contributed by atoms with Gasteiger partial charge in [-0.05, 0) is 75.8 Å². The monoisotopic (exact) mass is 498 g/mol. The Morgan fingerprint density at radius 3 is 2.74 bits per heavy atom. The first kappa shape index (κ1) is 24.5. The predicted molar refractivity (Wildman–Crippen MR) is 137 cm³/mol. The third kappa shape index (κ3) is 5.36. The van der Waals surface area contributed by atoms with E-state index in [2.05, 4.69) is 46.2 Å². The van der Waals surface area contributed by atoms with Crippen LogP contribution >= 0.6 is 23.1 Å². The third-order valence-corrected chi connectivity index (χ3v) is 7.83. The topological polar surface area (TPSA) is 86.1 Å². The zero-order valence-electron chi connectivity index (χ0n) is 20.0. The highest BCUT2D eigenvalue weighted by Gasteiger charge is 2.25. The fraction of sp³-hybridized carbons (Fsp3) is 0.440. The maximum atomic E-state index is 12.6. The van der Waals surface area contributed by atoms with E-state index < -0.39 is 0 Å². The number of carbonyl (C=O) groups is 2. The molecular weight excluding hydrogens is 468 g/mol. The van der Waals surface area contributed by atoms with Gasteiger partial charge in [-0.1, -0.05) is 18.7 Å². The van der Waals surface area contributed by atoms with Gasteiger partial charge in [0.2, 0.25) is 5.91 Å². The molecule has 1 aliphatic rings. The number of fused-ring (bicyclic) bond motifs is 1. The number of anilines is 1. The van der Waals surface area contributed by atoms with Crippen LogP contribution in [0.5, 0.6) is 0 Å². The standard InChI is InChI=1S/C25H30N4O3S2/c1-5-32-24(31)17-7-9-18(10-8-17)26-22(30)14-34-25-28-27-23(29(25)15(2)3)20-13-33-21-12-16(4)6-11-19(20)21/h7-10,13,15-16H,5-6,11-12,14H2,1-4H3,(H,26,30). The Bertz CT molecular complexity index is 1170. The maximum absolute atomic E-state index is 12.6. The maximum Gasteiger partial charge on any atom is 0.338 e. The molecule has 0 aliphatic heterocycles. The van der Waals surface area contributed by atoms with Crippen molar-refractivity contribution in [3.05, 3.63) is 45.6 Å². The van der Waals surface area contributed by atoms with E-state index in [4.69, 9.17) is 4.74 Å². The minimum atomic E-state index is -0.374. The number of carbonyl (C=O) groups excluding carboxylic acids is 2. The number of thioether (sulfide) groups is 1.